The van der Waals surface area contributed by atoms with Crippen molar-refractivity contribution in [3.05, 3.63) is 93.7 Å². The number of hydrogen-bond acceptors (Lipinski definition) is 7. The number of hydrogen-bond donors (Lipinski definition) is 1. The summed E-state index contributed by atoms with van der Waals surface area (Å²) in [4.78, 5) is 33.3. The summed E-state index contributed by atoms with van der Waals surface area (Å²) in [5, 5.41) is 5.74. The molecule has 39 heavy (non-hydrogen) atoms. The van der Waals surface area contributed by atoms with Crippen molar-refractivity contribution in [2.45, 2.75) is 64.7 Å². The number of nitrogens with one attached hydrogen (secondary N) is 1. The molecule has 0 radical (unpaired) electrons. The van der Waals surface area contributed by atoms with Crippen LogP contribution in [0.15, 0.2) is 82.0 Å². The summed E-state index contributed by atoms with van der Waals surface area (Å²) in [6.07, 6.45) is 2.26. The van der Waals surface area contributed by atoms with Crippen molar-refractivity contribution in [2.75, 3.05) is 13.2 Å². The third-order valence-corrected chi connectivity index (χ3v) is 8.13. The van der Waals surface area contributed by atoms with E-state index in [0.717, 1.165) is 41.4 Å². The average molecular weight is 546 g/mol. The summed E-state index contributed by atoms with van der Waals surface area (Å²) in [5.41, 5.74) is 5.01. The quantitative estimate of drug-likeness (QED) is 0.401. The highest BCUT2D eigenvalue weighted by Crippen LogP contribution is 2.45. The van der Waals surface area contributed by atoms with E-state index in [2.05, 4.69) is 43.4 Å². The Morgan fingerprint density at radius 3 is 2.62 bits per heavy atom. The summed E-state index contributed by atoms with van der Waals surface area (Å²) in [5.74, 6) is -0.0939. The Bertz CT molecular complexity index is 1290. The van der Waals surface area contributed by atoms with E-state index >= 15 is 0 Å². The molecule has 0 aliphatic carbocycles. The largest absolute Gasteiger partial charge is 0.457 e. The van der Waals surface area contributed by atoms with Gasteiger partial charge in [0.2, 0.25) is 5.91 Å². The molecule has 1 saturated heterocycles. The minimum absolute atomic E-state index is 0.0769. The lowest BCUT2D eigenvalue weighted by Crippen LogP contribution is -2.38. The van der Waals surface area contributed by atoms with Crippen molar-refractivity contribution in [2.24, 2.45) is 4.99 Å². The van der Waals surface area contributed by atoms with Crippen molar-refractivity contribution in [3.8, 4) is 0 Å². The zero-order valence-electron chi connectivity index (χ0n) is 22.7. The van der Waals surface area contributed by atoms with Crippen molar-refractivity contribution < 1.29 is 19.1 Å². The van der Waals surface area contributed by atoms with Gasteiger partial charge in [-0.15, -0.1) is 0 Å². The number of benzene rings is 2. The minimum Gasteiger partial charge on any atom is -0.457 e. The molecule has 204 valence electrons. The van der Waals surface area contributed by atoms with E-state index in [1.165, 1.54) is 17.3 Å². The summed E-state index contributed by atoms with van der Waals surface area (Å²) in [7, 11) is 0. The number of carbonyl (C=O) groups excluding carboxylic acids is 2. The summed E-state index contributed by atoms with van der Waals surface area (Å²) in [6.45, 7) is 7.60. The predicted octanol–water partition coefficient (Wildman–Crippen LogP) is 5.81. The number of amidine groups is 1. The van der Waals surface area contributed by atoms with Crippen LogP contribution in [0.1, 0.15) is 68.7 Å². The van der Waals surface area contributed by atoms with Crippen LogP contribution in [0.4, 0.5) is 0 Å². The van der Waals surface area contributed by atoms with E-state index in [0.29, 0.717) is 23.7 Å². The molecule has 5 rings (SSSR count). The number of carbonyl (C=O) groups is 2. The van der Waals surface area contributed by atoms with Gasteiger partial charge < -0.3 is 19.7 Å². The lowest BCUT2D eigenvalue weighted by molar-refractivity contribution is -0.141. The number of aliphatic imine (C=N–C) groups is 1. The maximum atomic E-state index is 13.6. The van der Waals surface area contributed by atoms with Gasteiger partial charge in [0.1, 0.15) is 6.61 Å². The SMILES string of the molecule is CC1=C(C(=O)OCc2ccccc2)[C@H](c2ccc(C(C)C)cc2)N2C(CC(=O)NC[C@@H]3CCCO3)=CSC2=N1. The molecule has 3 aliphatic heterocycles. The molecule has 3 heterocycles. The molecule has 0 unspecified atom stereocenters. The Morgan fingerprint density at radius 2 is 1.92 bits per heavy atom. The standard InChI is InChI=1S/C31H35N3O4S/c1-20(2)23-11-13-24(14-12-23)29-28(30(36)38-18-22-8-5-4-6-9-22)21(3)33-31-34(29)25(19-39-31)16-27(35)32-17-26-10-7-15-37-26/h4-6,8-9,11-14,19-20,26,29H,7,10,15-18H2,1-3H3,(H,32,35)/t26-,29-/m0/s1. The molecule has 3 aliphatic rings. The monoisotopic (exact) mass is 545 g/mol. The molecular weight excluding hydrogens is 510 g/mol. The molecule has 1 N–H and O–H groups in total. The van der Waals surface area contributed by atoms with Crippen LogP contribution in [0.25, 0.3) is 0 Å². The van der Waals surface area contributed by atoms with Gasteiger partial charge in [0.25, 0.3) is 0 Å². The van der Waals surface area contributed by atoms with Crippen LogP contribution < -0.4 is 5.32 Å². The Labute approximate surface area is 234 Å². The average Bonchev–Trinajstić information content (AvgIpc) is 3.60. The zero-order chi connectivity index (χ0) is 27.4. The Kier molecular flexibility index (Phi) is 8.53. The van der Waals surface area contributed by atoms with E-state index in [-0.39, 0.29) is 25.0 Å². The number of ether oxygens (including phenoxy) is 2. The third-order valence-electron chi connectivity index (χ3n) is 7.24. The maximum absolute atomic E-state index is 13.6. The van der Waals surface area contributed by atoms with Crippen LogP contribution in [-0.4, -0.2) is 41.2 Å². The Morgan fingerprint density at radius 1 is 1.15 bits per heavy atom. The molecule has 7 nitrogen and oxygen atoms in total. The molecule has 0 aromatic heterocycles. The predicted molar refractivity (Wildman–Crippen MR) is 154 cm³/mol. The molecule has 2 aromatic rings. The fraction of sp³-hybridized carbons (Fsp3) is 0.387. The van der Waals surface area contributed by atoms with Crippen molar-refractivity contribution in [1.82, 2.24) is 10.2 Å². The van der Waals surface area contributed by atoms with Crippen LogP contribution >= 0.6 is 11.8 Å². The number of fused-ring (bicyclic) bond motifs is 1. The van der Waals surface area contributed by atoms with Crippen LogP contribution in [0.5, 0.6) is 0 Å². The summed E-state index contributed by atoms with van der Waals surface area (Å²) >= 11 is 1.48. The molecule has 2 aromatic carbocycles. The second-order valence-electron chi connectivity index (χ2n) is 10.4. The van der Waals surface area contributed by atoms with Crippen LogP contribution in [0.2, 0.25) is 0 Å². The van der Waals surface area contributed by atoms with E-state index in [9.17, 15) is 9.59 Å². The number of rotatable bonds is 9. The third kappa shape index (κ3) is 6.28. The molecule has 1 amide bonds. The first-order valence-corrected chi connectivity index (χ1v) is 14.4. The number of allylic oxidation sites excluding steroid dienone is 1. The van der Waals surface area contributed by atoms with Gasteiger partial charge in [0, 0.05) is 18.8 Å². The van der Waals surface area contributed by atoms with Crippen molar-refractivity contribution in [3.63, 3.8) is 0 Å². The van der Waals surface area contributed by atoms with Gasteiger partial charge >= 0.3 is 5.97 Å². The molecule has 2 atom stereocenters. The number of esters is 1. The van der Waals surface area contributed by atoms with Crippen LogP contribution in [-0.2, 0) is 25.7 Å². The molecule has 8 heteroatoms. The van der Waals surface area contributed by atoms with Crippen molar-refractivity contribution >= 4 is 28.8 Å². The van der Waals surface area contributed by atoms with Gasteiger partial charge in [0.15, 0.2) is 5.17 Å². The first-order valence-electron chi connectivity index (χ1n) is 13.5. The Hall–Kier alpha value is -3.36. The fourth-order valence-electron chi connectivity index (χ4n) is 5.07. The summed E-state index contributed by atoms with van der Waals surface area (Å²) in [6, 6.07) is 17.5. The first kappa shape index (κ1) is 27.2. The van der Waals surface area contributed by atoms with Crippen LogP contribution in [0.3, 0.4) is 0 Å². The lowest BCUT2D eigenvalue weighted by atomic mass is 9.92. The van der Waals surface area contributed by atoms with Crippen molar-refractivity contribution in [1.29, 1.82) is 0 Å². The zero-order valence-corrected chi connectivity index (χ0v) is 23.5. The number of thioether (sulfide) groups is 1. The lowest BCUT2D eigenvalue weighted by Gasteiger charge is -2.36. The van der Waals surface area contributed by atoms with E-state index in [1.807, 2.05) is 47.6 Å². The highest BCUT2D eigenvalue weighted by Gasteiger charge is 2.41. The fourth-order valence-corrected chi connectivity index (χ4v) is 6.03. The topological polar surface area (TPSA) is 80.2 Å². The van der Waals surface area contributed by atoms with Gasteiger partial charge in [-0.1, -0.05) is 80.2 Å². The molecule has 1 fully saturated rings. The maximum Gasteiger partial charge on any atom is 0.338 e. The van der Waals surface area contributed by atoms with E-state index < -0.39 is 12.0 Å². The molecule has 0 saturated carbocycles. The minimum atomic E-state index is -0.450. The smallest absolute Gasteiger partial charge is 0.338 e. The van der Waals surface area contributed by atoms with Crippen LogP contribution in [0, 0.1) is 0 Å². The molecular formula is C31H35N3O4S. The first-order chi connectivity index (χ1) is 18.9. The van der Waals surface area contributed by atoms with E-state index in [1.54, 1.807) is 0 Å². The second kappa shape index (κ2) is 12.2. The number of amides is 1. The van der Waals surface area contributed by atoms with E-state index in [4.69, 9.17) is 14.5 Å². The Balaban J connectivity index is 1.41. The van der Waals surface area contributed by atoms with Gasteiger partial charge in [-0.25, -0.2) is 9.79 Å². The van der Waals surface area contributed by atoms with Gasteiger partial charge in [-0.05, 0) is 47.8 Å². The second-order valence-corrected chi connectivity index (χ2v) is 11.2. The van der Waals surface area contributed by atoms with Gasteiger partial charge in [-0.3, -0.25) is 4.79 Å². The van der Waals surface area contributed by atoms with Gasteiger partial charge in [-0.2, -0.15) is 0 Å². The summed E-state index contributed by atoms with van der Waals surface area (Å²) < 4.78 is 11.4. The van der Waals surface area contributed by atoms with Gasteiger partial charge in [0.05, 0.1) is 29.8 Å². The molecule has 0 spiro atoms. The number of nitrogens with zero attached hydrogens (tertiary/aromatic N) is 2. The highest BCUT2D eigenvalue weighted by atomic mass is 32.2. The highest BCUT2D eigenvalue weighted by molar-refractivity contribution is 8.16. The normalized spacial score (nSPS) is 20.6. The molecule has 0 bridgehead atoms.